The standard InChI is InChI=1S/C26H30ClN3O3S/c1-2-26(31)30(24-10-15-29(16-11-24)23-8-12-28-13-9-23)14-3-17-34(32,33)25-7-5-20-18-22(27)6-4-21(20)19-25/h4-9,12-13,18-19,24H,2-3,10-11,14-17H2,1H3. The molecule has 0 unspecified atom stereocenters. The first-order valence-electron chi connectivity index (χ1n) is 11.7. The summed E-state index contributed by atoms with van der Waals surface area (Å²) in [5, 5.41) is 2.37. The zero-order chi connectivity index (χ0) is 24.1. The van der Waals surface area contributed by atoms with E-state index >= 15 is 0 Å². The van der Waals surface area contributed by atoms with Crippen molar-refractivity contribution in [1.82, 2.24) is 9.88 Å². The molecule has 2 aromatic carbocycles. The van der Waals surface area contributed by atoms with E-state index in [9.17, 15) is 13.2 Å². The number of benzene rings is 2. The summed E-state index contributed by atoms with van der Waals surface area (Å²) < 4.78 is 26.0. The molecule has 0 spiro atoms. The molecule has 34 heavy (non-hydrogen) atoms. The maximum atomic E-state index is 13.0. The van der Waals surface area contributed by atoms with Crippen LogP contribution in [-0.2, 0) is 14.6 Å². The van der Waals surface area contributed by atoms with Crippen molar-refractivity contribution in [3.8, 4) is 0 Å². The van der Waals surface area contributed by atoms with Crippen LogP contribution in [0.15, 0.2) is 65.8 Å². The minimum Gasteiger partial charge on any atom is -0.371 e. The maximum Gasteiger partial charge on any atom is 0.222 e. The molecule has 0 atom stereocenters. The van der Waals surface area contributed by atoms with Crippen LogP contribution < -0.4 is 4.90 Å². The Hall–Kier alpha value is -2.64. The van der Waals surface area contributed by atoms with E-state index < -0.39 is 9.84 Å². The van der Waals surface area contributed by atoms with E-state index in [1.54, 1.807) is 36.7 Å². The van der Waals surface area contributed by atoms with Crippen molar-refractivity contribution >= 4 is 43.8 Å². The number of aromatic nitrogens is 1. The summed E-state index contributed by atoms with van der Waals surface area (Å²) in [6.07, 6.45) is 6.16. The molecule has 0 bridgehead atoms. The number of pyridine rings is 1. The van der Waals surface area contributed by atoms with Gasteiger partial charge >= 0.3 is 0 Å². The summed E-state index contributed by atoms with van der Waals surface area (Å²) in [7, 11) is -3.45. The topological polar surface area (TPSA) is 70.6 Å². The van der Waals surface area contributed by atoms with Gasteiger partial charge in [-0.05, 0) is 66.4 Å². The zero-order valence-corrected chi connectivity index (χ0v) is 20.9. The van der Waals surface area contributed by atoms with Crippen LogP contribution >= 0.6 is 11.6 Å². The smallest absolute Gasteiger partial charge is 0.222 e. The van der Waals surface area contributed by atoms with Gasteiger partial charge in [0.15, 0.2) is 9.84 Å². The van der Waals surface area contributed by atoms with E-state index in [0.29, 0.717) is 29.3 Å². The molecule has 2 heterocycles. The molecule has 180 valence electrons. The van der Waals surface area contributed by atoms with E-state index in [1.165, 1.54) is 0 Å². The minimum atomic E-state index is -3.45. The number of fused-ring (bicyclic) bond motifs is 1. The lowest BCUT2D eigenvalue weighted by molar-refractivity contribution is -0.133. The van der Waals surface area contributed by atoms with Crippen LogP contribution in [0.5, 0.6) is 0 Å². The molecule has 0 N–H and O–H groups in total. The number of sulfone groups is 1. The molecule has 1 saturated heterocycles. The molecule has 1 amide bonds. The number of rotatable bonds is 8. The van der Waals surface area contributed by atoms with Crippen LogP contribution in [0.2, 0.25) is 5.02 Å². The third-order valence-corrected chi connectivity index (χ3v) is 8.53. The van der Waals surface area contributed by atoms with Gasteiger partial charge in [-0.3, -0.25) is 9.78 Å². The van der Waals surface area contributed by atoms with Crippen molar-refractivity contribution < 1.29 is 13.2 Å². The number of carbonyl (C=O) groups excluding carboxylic acids is 1. The van der Waals surface area contributed by atoms with Crippen LogP contribution in [0.4, 0.5) is 5.69 Å². The van der Waals surface area contributed by atoms with Crippen LogP contribution in [0, 0.1) is 0 Å². The summed E-state index contributed by atoms with van der Waals surface area (Å²) in [6.45, 7) is 4.04. The molecule has 1 aliphatic rings. The van der Waals surface area contributed by atoms with E-state index in [0.717, 1.165) is 42.4 Å². The maximum absolute atomic E-state index is 13.0. The highest BCUT2D eigenvalue weighted by Gasteiger charge is 2.27. The van der Waals surface area contributed by atoms with Crippen molar-refractivity contribution in [2.45, 2.75) is 43.5 Å². The third kappa shape index (κ3) is 5.70. The normalized spacial score (nSPS) is 14.9. The molecular weight excluding hydrogens is 470 g/mol. The number of carbonyl (C=O) groups is 1. The first kappa shape index (κ1) is 24.5. The Morgan fingerprint density at radius 1 is 1.06 bits per heavy atom. The fourth-order valence-corrected chi connectivity index (χ4v) is 6.14. The first-order valence-corrected chi connectivity index (χ1v) is 13.8. The number of amides is 1. The molecule has 1 aliphatic heterocycles. The second-order valence-electron chi connectivity index (χ2n) is 8.69. The molecule has 0 aliphatic carbocycles. The Kier molecular flexibility index (Phi) is 7.73. The first-order chi connectivity index (χ1) is 16.4. The number of halogens is 1. The Bertz CT molecular complexity index is 1240. The highest BCUT2D eigenvalue weighted by Crippen LogP contribution is 2.25. The van der Waals surface area contributed by atoms with Gasteiger partial charge in [0.2, 0.25) is 5.91 Å². The monoisotopic (exact) mass is 499 g/mol. The van der Waals surface area contributed by atoms with Gasteiger partial charge in [0.1, 0.15) is 0 Å². The van der Waals surface area contributed by atoms with Crippen molar-refractivity contribution in [2.24, 2.45) is 0 Å². The largest absolute Gasteiger partial charge is 0.371 e. The fourth-order valence-electron chi connectivity index (χ4n) is 4.64. The summed E-state index contributed by atoms with van der Waals surface area (Å²) in [4.78, 5) is 21.3. The highest BCUT2D eigenvalue weighted by molar-refractivity contribution is 7.91. The van der Waals surface area contributed by atoms with E-state index in [1.807, 2.05) is 36.1 Å². The zero-order valence-electron chi connectivity index (χ0n) is 19.4. The van der Waals surface area contributed by atoms with Crippen LogP contribution in [0.1, 0.15) is 32.6 Å². The molecule has 1 aromatic heterocycles. The lowest BCUT2D eigenvalue weighted by Gasteiger charge is -2.39. The lowest BCUT2D eigenvalue weighted by atomic mass is 10.0. The summed E-state index contributed by atoms with van der Waals surface area (Å²) in [5.41, 5.74) is 1.14. The highest BCUT2D eigenvalue weighted by atomic mass is 35.5. The van der Waals surface area contributed by atoms with E-state index in [2.05, 4.69) is 9.88 Å². The Balaban J connectivity index is 1.38. The van der Waals surface area contributed by atoms with Crippen molar-refractivity contribution in [3.63, 3.8) is 0 Å². The Labute approximate surface area is 206 Å². The molecular formula is C26H30ClN3O3S. The van der Waals surface area contributed by atoms with Gasteiger partial charge in [0.05, 0.1) is 10.6 Å². The van der Waals surface area contributed by atoms with Gasteiger partial charge in [0.25, 0.3) is 0 Å². The van der Waals surface area contributed by atoms with E-state index in [-0.39, 0.29) is 17.7 Å². The second-order valence-corrected chi connectivity index (χ2v) is 11.2. The minimum absolute atomic E-state index is 0.00938. The molecule has 0 radical (unpaired) electrons. The molecule has 8 heteroatoms. The average Bonchev–Trinajstić information content (AvgIpc) is 2.86. The predicted molar refractivity (Wildman–Crippen MR) is 137 cm³/mol. The Morgan fingerprint density at radius 3 is 2.44 bits per heavy atom. The van der Waals surface area contributed by atoms with Crippen LogP contribution in [0.25, 0.3) is 10.8 Å². The number of piperidine rings is 1. The van der Waals surface area contributed by atoms with Crippen LogP contribution in [0.3, 0.4) is 0 Å². The summed E-state index contributed by atoms with van der Waals surface area (Å²) in [5.74, 6) is 0.0949. The third-order valence-electron chi connectivity index (χ3n) is 6.50. The van der Waals surface area contributed by atoms with Gasteiger partial charge in [0, 0.05) is 55.2 Å². The predicted octanol–water partition coefficient (Wildman–Crippen LogP) is 4.96. The van der Waals surface area contributed by atoms with Crippen molar-refractivity contribution in [1.29, 1.82) is 0 Å². The summed E-state index contributed by atoms with van der Waals surface area (Å²) in [6, 6.07) is 14.7. The average molecular weight is 500 g/mol. The number of hydrogen-bond acceptors (Lipinski definition) is 5. The fraction of sp³-hybridized carbons (Fsp3) is 0.385. The van der Waals surface area contributed by atoms with Gasteiger partial charge in [-0.25, -0.2) is 8.42 Å². The number of anilines is 1. The number of nitrogens with zero attached hydrogens (tertiary/aromatic N) is 3. The lowest BCUT2D eigenvalue weighted by Crippen LogP contribution is -2.48. The second kappa shape index (κ2) is 10.7. The van der Waals surface area contributed by atoms with Gasteiger partial charge in [-0.15, -0.1) is 0 Å². The molecule has 1 fully saturated rings. The van der Waals surface area contributed by atoms with Gasteiger partial charge < -0.3 is 9.80 Å². The quantitative estimate of drug-likeness (QED) is 0.438. The van der Waals surface area contributed by atoms with Gasteiger partial charge in [-0.1, -0.05) is 30.7 Å². The van der Waals surface area contributed by atoms with Gasteiger partial charge in [-0.2, -0.15) is 0 Å². The van der Waals surface area contributed by atoms with Crippen molar-refractivity contribution in [3.05, 3.63) is 65.9 Å². The van der Waals surface area contributed by atoms with E-state index in [4.69, 9.17) is 11.6 Å². The Morgan fingerprint density at radius 2 is 1.74 bits per heavy atom. The molecule has 0 saturated carbocycles. The SMILES string of the molecule is CCC(=O)N(CCCS(=O)(=O)c1ccc2cc(Cl)ccc2c1)C1CCN(c2ccncc2)CC1. The van der Waals surface area contributed by atoms with Crippen molar-refractivity contribution in [2.75, 3.05) is 30.3 Å². The molecule has 4 rings (SSSR count). The molecule has 3 aromatic rings. The van der Waals surface area contributed by atoms with Crippen LogP contribution in [-0.4, -0.2) is 55.6 Å². The summed E-state index contributed by atoms with van der Waals surface area (Å²) >= 11 is 6.03. The number of hydrogen-bond donors (Lipinski definition) is 0. The molecule has 6 nitrogen and oxygen atoms in total.